The molecule has 2 aromatic rings. The van der Waals surface area contributed by atoms with Gasteiger partial charge in [-0.2, -0.15) is 0 Å². The van der Waals surface area contributed by atoms with Crippen LogP contribution in [0.1, 0.15) is 30.3 Å². The molecule has 0 radical (unpaired) electrons. The summed E-state index contributed by atoms with van der Waals surface area (Å²) in [5, 5.41) is 5.27. The molecule has 0 saturated heterocycles. The first-order valence-electron chi connectivity index (χ1n) is 6.24. The summed E-state index contributed by atoms with van der Waals surface area (Å²) in [5.41, 5.74) is 0.887. The Bertz CT molecular complexity index is 722. The predicted molar refractivity (Wildman–Crippen MR) is 91.8 cm³/mol. The van der Waals surface area contributed by atoms with E-state index in [4.69, 9.17) is 0 Å². The van der Waals surface area contributed by atoms with Gasteiger partial charge in [0.25, 0.3) is 10.0 Å². The van der Waals surface area contributed by atoms with Gasteiger partial charge in [0, 0.05) is 16.8 Å². The molecule has 0 aliphatic heterocycles. The molecule has 0 amide bonds. The summed E-state index contributed by atoms with van der Waals surface area (Å²) in [6, 6.07) is 1.67. The molecule has 2 aromatic heterocycles. The topological polar surface area (TPSA) is 71.1 Å². The maximum Gasteiger partial charge on any atom is 0.265 e. The number of sulfonamides is 1. The van der Waals surface area contributed by atoms with E-state index in [0.29, 0.717) is 15.5 Å². The third kappa shape index (κ3) is 4.04. The minimum absolute atomic E-state index is 0.249. The van der Waals surface area contributed by atoms with Crippen molar-refractivity contribution >= 4 is 53.8 Å². The van der Waals surface area contributed by atoms with Gasteiger partial charge in [0.15, 0.2) is 5.13 Å². The number of thiazole rings is 1. The maximum atomic E-state index is 12.4. The Hall–Kier alpha value is -0.480. The molecule has 2 N–H and O–H groups in total. The number of anilines is 1. The van der Waals surface area contributed by atoms with Crippen molar-refractivity contribution in [2.75, 3.05) is 11.8 Å². The van der Waals surface area contributed by atoms with Gasteiger partial charge in [-0.1, -0.05) is 13.8 Å². The molecule has 5 nitrogen and oxygen atoms in total. The fraction of sp³-hybridized carbons (Fsp3) is 0.417. The van der Waals surface area contributed by atoms with Crippen molar-refractivity contribution in [3.63, 3.8) is 0 Å². The third-order valence-electron chi connectivity index (χ3n) is 2.68. The minimum atomic E-state index is -3.62. The quantitative estimate of drug-likeness (QED) is 0.763. The lowest BCUT2D eigenvalue weighted by atomic mass is 10.2. The molecular formula is C12H16BrN3O2S3. The van der Waals surface area contributed by atoms with Crippen LogP contribution >= 0.6 is 38.6 Å². The molecule has 116 valence electrons. The van der Waals surface area contributed by atoms with Gasteiger partial charge >= 0.3 is 0 Å². The Labute approximate surface area is 141 Å². The minimum Gasteiger partial charge on any atom is -0.315 e. The van der Waals surface area contributed by atoms with Gasteiger partial charge < -0.3 is 5.32 Å². The van der Waals surface area contributed by atoms with Crippen molar-refractivity contribution in [3.8, 4) is 0 Å². The Morgan fingerprint density at radius 2 is 2.14 bits per heavy atom. The fourth-order valence-electron chi connectivity index (χ4n) is 1.61. The van der Waals surface area contributed by atoms with Gasteiger partial charge in [0.2, 0.25) is 0 Å². The molecule has 21 heavy (non-hydrogen) atoms. The highest BCUT2D eigenvalue weighted by Gasteiger charge is 2.22. The van der Waals surface area contributed by atoms with Crippen LogP contribution in [0.25, 0.3) is 0 Å². The number of aromatic nitrogens is 1. The van der Waals surface area contributed by atoms with Crippen molar-refractivity contribution in [3.05, 3.63) is 25.8 Å². The zero-order valence-corrected chi connectivity index (χ0v) is 15.8. The van der Waals surface area contributed by atoms with Gasteiger partial charge in [0.05, 0.1) is 9.48 Å². The molecule has 0 spiro atoms. The molecule has 0 aliphatic carbocycles. The smallest absolute Gasteiger partial charge is 0.265 e. The standard InChI is InChI=1S/C12H16BrN3O2S3/c1-7(2)9-6-19-12(15-9)16-21(17,18)10-4-8(5-14-3)20-11(10)13/h4,6-7,14H,5H2,1-3H3,(H,15,16). The van der Waals surface area contributed by atoms with Crippen molar-refractivity contribution in [2.45, 2.75) is 31.2 Å². The Kier molecular flexibility index (Phi) is 5.42. The van der Waals surface area contributed by atoms with E-state index in [9.17, 15) is 8.42 Å². The van der Waals surface area contributed by atoms with Crippen molar-refractivity contribution in [2.24, 2.45) is 0 Å². The summed E-state index contributed by atoms with van der Waals surface area (Å²) in [5.74, 6) is 0.273. The van der Waals surface area contributed by atoms with Crippen molar-refractivity contribution in [1.29, 1.82) is 0 Å². The van der Waals surface area contributed by atoms with E-state index < -0.39 is 10.0 Å². The fourth-order valence-corrected chi connectivity index (χ4v) is 6.43. The van der Waals surface area contributed by atoms with Gasteiger partial charge in [-0.15, -0.1) is 22.7 Å². The zero-order valence-electron chi connectivity index (χ0n) is 11.8. The lowest BCUT2D eigenvalue weighted by molar-refractivity contribution is 0.601. The largest absolute Gasteiger partial charge is 0.315 e. The lowest BCUT2D eigenvalue weighted by Crippen LogP contribution is -2.12. The van der Waals surface area contributed by atoms with Crippen molar-refractivity contribution < 1.29 is 8.42 Å². The van der Waals surface area contributed by atoms with E-state index in [-0.39, 0.29) is 10.8 Å². The van der Waals surface area contributed by atoms with Crippen LogP contribution in [-0.2, 0) is 16.6 Å². The SMILES string of the molecule is CNCc1cc(S(=O)(=O)Nc2nc(C(C)C)cs2)c(Br)s1. The van der Waals surface area contributed by atoms with E-state index >= 15 is 0 Å². The number of nitrogens with one attached hydrogen (secondary N) is 2. The predicted octanol–water partition coefficient (Wildman–Crippen LogP) is 3.61. The highest BCUT2D eigenvalue weighted by molar-refractivity contribution is 9.11. The molecule has 0 aliphatic rings. The van der Waals surface area contributed by atoms with Crippen LogP contribution in [0.4, 0.5) is 5.13 Å². The Morgan fingerprint density at radius 3 is 2.71 bits per heavy atom. The van der Waals surface area contributed by atoms with Crippen LogP contribution in [0.15, 0.2) is 20.1 Å². The first-order valence-corrected chi connectivity index (χ1v) is 10.2. The molecule has 2 heterocycles. The molecule has 9 heteroatoms. The Balaban J connectivity index is 2.25. The van der Waals surface area contributed by atoms with Crippen molar-refractivity contribution in [1.82, 2.24) is 10.3 Å². The normalized spacial score (nSPS) is 12.0. The summed E-state index contributed by atoms with van der Waals surface area (Å²) in [6.45, 7) is 4.67. The number of thiophene rings is 1. The van der Waals surface area contributed by atoms with Crippen LogP contribution in [-0.4, -0.2) is 20.4 Å². The molecular weight excluding hydrogens is 394 g/mol. The lowest BCUT2D eigenvalue weighted by Gasteiger charge is -2.03. The van der Waals surface area contributed by atoms with Gasteiger partial charge in [0.1, 0.15) is 4.90 Å². The summed E-state index contributed by atoms with van der Waals surface area (Å²) in [4.78, 5) is 5.50. The summed E-state index contributed by atoms with van der Waals surface area (Å²) >= 11 is 6.02. The van der Waals surface area contributed by atoms with E-state index in [2.05, 4.69) is 31.0 Å². The molecule has 0 atom stereocenters. The van der Waals surface area contributed by atoms with Crippen LogP contribution in [0, 0.1) is 0 Å². The molecule has 0 saturated carbocycles. The van der Waals surface area contributed by atoms with Gasteiger partial charge in [-0.05, 0) is 35.0 Å². The number of nitrogens with zero attached hydrogens (tertiary/aromatic N) is 1. The zero-order chi connectivity index (χ0) is 15.6. The monoisotopic (exact) mass is 409 g/mol. The number of rotatable bonds is 6. The van der Waals surface area contributed by atoms with E-state index in [0.717, 1.165) is 10.6 Å². The third-order valence-corrected chi connectivity index (χ3v) is 7.18. The molecule has 2 rings (SSSR count). The summed E-state index contributed by atoms with van der Waals surface area (Å²) in [7, 11) is -1.80. The number of hydrogen-bond donors (Lipinski definition) is 2. The second-order valence-electron chi connectivity index (χ2n) is 4.72. The second-order valence-corrected chi connectivity index (χ2v) is 9.68. The van der Waals surface area contributed by atoms with Gasteiger partial charge in [-0.25, -0.2) is 13.4 Å². The van der Waals surface area contributed by atoms with Crippen LogP contribution in [0.3, 0.4) is 0 Å². The second kappa shape index (κ2) is 6.74. The molecule has 0 bridgehead atoms. The van der Waals surface area contributed by atoms with Crippen LogP contribution < -0.4 is 10.0 Å². The number of halogens is 1. The van der Waals surface area contributed by atoms with Crippen LogP contribution in [0.5, 0.6) is 0 Å². The summed E-state index contributed by atoms with van der Waals surface area (Å²) in [6.07, 6.45) is 0. The van der Waals surface area contributed by atoms with E-state index in [1.165, 1.54) is 22.7 Å². The molecule has 0 unspecified atom stereocenters. The first kappa shape index (κ1) is 16.9. The Morgan fingerprint density at radius 1 is 1.43 bits per heavy atom. The van der Waals surface area contributed by atoms with Gasteiger partial charge in [-0.3, -0.25) is 4.72 Å². The average molecular weight is 410 g/mol. The van der Waals surface area contributed by atoms with Crippen LogP contribution in [0.2, 0.25) is 0 Å². The molecule has 0 fully saturated rings. The van der Waals surface area contributed by atoms with E-state index in [1.54, 1.807) is 6.07 Å². The first-order chi connectivity index (χ1) is 9.83. The molecule has 0 aromatic carbocycles. The maximum absolute atomic E-state index is 12.4. The number of hydrogen-bond acceptors (Lipinski definition) is 6. The average Bonchev–Trinajstić information content (AvgIpc) is 2.96. The summed E-state index contributed by atoms with van der Waals surface area (Å²) < 4.78 is 28.0. The highest BCUT2D eigenvalue weighted by atomic mass is 79.9. The highest BCUT2D eigenvalue weighted by Crippen LogP contribution is 2.33. The van der Waals surface area contributed by atoms with E-state index in [1.807, 2.05) is 26.3 Å².